The number of benzene rings is 2. The number of nitrogens with zero attached hydrogens (tertiary/aromatic N) is 1. The largest absolute Gasteiger partial charge is 0.497 e. The summed E-state index contributed by atoms with van der Waals surface area (Å²) in [7, 11) is 1.62. The van der Waals surface area contributed by atoms with Gasteiger partial charge in [-0.2, -0.15) is 0 Å². The molecular formula is C25H25N3O3S. The monoisotopic (exact) mass is 447 g/mol. The molecule has 0 saturated heterocycles. The number of aromatic nitrogens is 2. The van der Waals surface area contributed by atoms with E-state index in [-0.39, 0.29) is 17.5 Å². The zero-order chi connectivity index (χ0) is 22.7. The van der Waals surface area contributed by atoms with Gasteiger partial charge >= 0.3 is 0 Å². The van der Waals surface area contributed by atoms with Crippen LogP contribution >= 0.6 is 11.3 Å². The van der Waals surface area contributed by atoms with Crippen molar-refractivity contribution in [2.24, 2.45) is 0 Å². The smallest absolute Gasteiger partial charge is 0.262 e. The third kappa shape index (κ3) is 4.43. The predicted octanol–water partition coefficient (Wildman–Crippen LogP) is 4.77. The third-order valence-corrected chi connectivity index (χ3v) is 6.69. The summed E-state index contributed by atoms with van der Waals surface area (Å²) in [4.78, 5) is 34.5. The van der Waals surface area contributed by atoms with Gasteiger partial charge in [-0.3, -0.25) is 9.59 Å². The Morgan fingerprint density at radius 2 is 1.88 bits per heavy atom. The second-order valence-electron chi connectivity index (χ2n) is 7.62. The standard InChI is InChI=1S/C25H25N3O3S/c1-4-19(17-10-12-18(31-3)13-11-17)26-24(30)22-15(2)21-23(29)27-20(28-25(21)32-22)14-16-8-6-5-7-9-16/h5-13,19H,4,14H2,1-3H3,(H,26,30)(H,27,28,29). The molecule has 1 unspecified atom stereocenters. The lowest BCUT2D eigenvalue weighted by molar-refractivity contribution is 0.0939. The van der Waals surface area contributed by atoms with Crippen molar-refractivity contribution in [2.45, 2.75) is 32.7 Å². The maximum atomic E-state index is 13.1. The van der Waals surface area contributed by atoms with Crippen LogP contribution in [-0.2, 0) is 6.42 Å². The Kier molecular flexibility index (Phi) is 6.37. The van der Waals surface area contributed by atoms with Gasteiger partial charge in [-0.25, -0.2) is 4.98 Å². The highest BCUT2D eigenvalue weighted by Gasteiger charge is 2.22. The minimum Gasteiger partial charge on any atom is -0.497 e. The molecule has 4 aromatic rings. The number of aryl methyl sites for hydroxylation is 1. The number of hydrogen-bond donors (Lipinski definition) is 2. The Hall–Kier alpha value is -3.45. The lowest BCUT2D eigenvalue weighted by atomic mass is 10.0. The number of hydrogen-bond acceptors (Lipinski definition) is 5. The summed E-state index contributed by atoms with van der Waals surface area (Å²) in [5, 5.41) is 3.58. The summed E-state index contributed by atoms with van der Waals surface area (Å²) in [6.45, 7) is 3.82. The summed E-state index contributed by atoms with van der Waals surface area (Å²) >= 11 is 1.26. The van der Waals surface area contributed by atoms with Gasteiger partial charge in [-0.05, 0) is 42.2 Å². The first-order chi connectivity index (χ1) is 15.5. The van der Waals surface area contributed by atoms with Crippen molar-refractivity contribution in [3.8, 4) is 5.75 Å². The number of thiophene rings is 1. The van der Waals surface area contributed by atoms with Gasteiger partial charge in [0.1, 0.15) is 16.4 Å². The van der Waals surface area contributed by atoms with Crippen LogP contribution in [0.1, 0.15) is 51.6 Å². The van der Waals surface area contributed by atoms with Crippen LogP contribution in [0.4, 0.5) is 0 Å². The fraction of sp³-hybridized carbons (Fsp3) is 0.240. The topological polar surface area (TPSA) is 84.1 Å². The summed E-state index contributed by atoms with van der Waals surface area (Å²) in [6.07, 6.45) is 1.27. The van der Waals surface area contributed by atoms with Gasteiger partial charge < -0.3 is 15.0 Å². The number of aromatic amines is 1. The van der Waals surface area contributed by atoms with Crippen molar-refractivity contribution in [3.63, 3.8) is 0 Å². The van der Waals surface area contributed by atoms with Gasteiger partial charge in [0.25, 0.3) is 11.5 Å². The van der Waals surface area contributed by atoms with Crippen molar-refractivity contribution in [3.05, 3.63) is 92.3 Å². The number of nitrogens with one attached hydrogen (secondary N) is 2. The van der Waals surface area contributed by atoms with E-state index in [1.54, 1.807) is 14.0 Å². The van der Waals surface area contributed by atoms with Crippen LogP contribution in [-0.4, -0.2) is 23.0 Å². The summed E-state index contributed by atoms with van der Waals surface area (Å²) in [6, 6.07) is 17.4. The van der Waals surface area contributed by atoms with Crippen molar-refractivity contribution in [1.29, 1.82) is 0 Å². The lowest BCUT2D eigenvalue weighted by Crippen LogP contribution is -2.28. The second-order valence-corrected chi connectivity index (χ2v) is 8.62. The van der Waals surface area contributed by atoms with Gasteiger partial charge in [-0.15, -0.1) is 11.3 Å². The molecule has 0 aliphatic carbocycles. The molecule has 164 valence electrons. The molecular weight excluding hydrogens is 422 g/mol. The number of H-pyrrole nitrogens is 1. The van der Waals surface area contributed by atoms with Crippen molar-refractivity contribution < 1.29 is 9.53 Å². The van der Waals surface area contributed by atoms with E-state index < -0.39 is 0 Å². The normalized spacial score (nSPS) is 12.0. The van der Waals surface area contributed by atoms with Gasteiger partial charge in [0, 0.05) is 6.42 Å². The van der Waals surface area contributed by atoms with Crippen molar-refractivity contribution in [1.82, 2.24) is 15.3 Å². The number of fused-ring (bicyclic) bond motifs is 1. The molecule has 0 fully saturated rings. The molecule has 2 aromatic heterocycles. The first-order valence-corrected chi connectivity index (χ1v) is 11.3. The first kappa shape index (κ1) is 21.8. The van der Waals surface area contributed by atoms with Crippen LogP contribution in [0.15, 0.2) is 59.4 Å². The Morgan fingerprint density at radius 1 is 1.16 bits per heavy atom. The van der Waals surface area contributed by atoms with Gasteiger partial charge in [0.2, 0.25) is 0 Å². The van der Waals surface area contributed by atoms with Gasteiger partial charge in [0.05, 0.1) is 23.4 Å². The minimum absolute atomic E-state index is 0.141. The molecule has 2 heterocycles. The molecule has 1 atom stereocenters. The molecule has 0 radical (unpaired) electrons. The van der Waals surface area contributed by atoms with E-state index in [2.05, 4.69) is 15.3 Å². The fourth-order valence-electron chi connectivity index (χ4n) is 3.76. The van der Waals surface area contributed by atoms with Crippen molar-refractivity contribution in [2.75, 3.05) is 7.11 Å². The number of carbonyl (C=O) groups is 1. The highest BCUT2D eigenvalue weighted by Crippen LogP contribution is 2.28. The maximum Gasteiger partial charge on any atom is 0.262 e. The maximum absolute atomic E-state index is 13.1. The highest BCUT2D eigenvalue weighted by atomic mass is 32.1. The van der Waals surface area contributed by atoms with Gasteiger partial charge in [0.15, 0.2) is 0 Å². The number of ether oxygens (including phenoxy) is 1. The van der Waals surface area contributed by atoms with Crippen molar-refractivity contribution >= 4 is 27.5 Å². The SMILES string of the molecule is CCC(NC(=O)c1sc2nc(Cc3ccccc3)[nH]c(=O)c2c1C)c1ccc(OC)cc1. The third-order valence-electron chi connectivity index (χ3n) is 5.50. The van der Waals surface area contributed by atoms with Crippen LogP contribution in [0, 0.1) is 6.92 Å². The number of carbonyl (C=O) groups excluding carboxylic acids is 1. The molecule has 0 saturated carbocycles. The molecule has 6 nitrogen and oxygen atoms in total. The molecule has 4 rings (SSSR count). The quantitative estimate of drug-likeness (QED) is 0.427. The fourth-order valence-corrected chi connectivity index (χ4v) is 4.86. The Balaban J connectivity index is 1.61. The zero-order valence-electron chi connectivity index (χ0n) is 18.3. The minimum atomic E-state index is -0.212. The van der Waals surface area contributed by atoms with Gasteiger partial charge in [-0.1, -0.05) is 49.4 Å². The molecule has 0 aliphatic heterocycles. The molecule has 2 N–H and O–H groups in total. The Morgan fingerprint density at radius 3 is 2.53 bits per heavy atom. The molecule has 1 amide bonds. The van der Waals surface area contributed by atoms with E-state index in [1.807, 2.05) is 61.5 Å². The zero-order valence-corrected chi connectivity index (χ0v) is 19.1. The predicted molar refractivity (Wildman–Crippen MR) is 128 cm³/mol. The lowest BCUT2D eigenvalue weighted by Gasteiger charge is -2.17. The summed E-state index contributed by atoms with van der Waals surface area (Å²) in [5.74, 6) is 1.16. The molecule has 0 spiro atoms. The highest BCUT2D eigenvalue weighted by molar-refractivity contribution is 7.20. The molecule has 32 heavy (non-hydrogen) atoms. The van der Waals surface area contributed by atoms with Crippen LogP contribution < -0.4 is 15.6 Å². The van der Waals surface area contributed by atoms with E-state index in [1.165, 1.54) is 11.3 Å². The van der Waals surface area contributed by atoms with E-state index >= 15 is 0 Å². The molecule has 0 aliphatic rings. The molecule has 2 aromatic carbocycles. The van der Waals surface area contributed by atoms with Crippen LogP contribution in [0.25, 0.3) is 10.2 Å². The van der Waals surface area contributed by atoms with Crippen LogP contribution in [0.2, 0.25) is 0 Å². The number of amides is 1. The molecule has 0 bridgehead atoms. The average molecular weight is 448 g/mol. The van der Waals surface area contributed by atoms with E-state index in [4.69, 9.17) is 4.74 Å². The Bertz CT molecular complexity index is 1290. The van der Waals surface area contributed by atoms with E-state index in [9.17, 15) is 9.59 Å². The molecule has 7 heteroatoms. The number of rotatable bonds is 7. The summed E-state index contributed by atoms with van der Waals surface area (Å²) < 4.78 is 5.22. The van der Waals surface area contributed by atoms with Crippen LogP contribution in [0.3, 0.4) is 0 Å². The van der Waals surface area contributed by atoms with Crippen LogP contribution in [0.5, 0.6) is 5.75 Å². The summed E-state index contributed by atoms with van der Waals surface area (Å²) in [5.41, 5.74) is 2.51. The van der Waals surface area contributed by atoms with E-state index in [0.717, 1.165) is 23.3 Å². The average Bonchev–Trinajstić information content (AvgIpc) is 3.15. The number of methoxy groups -OCH3 is 1. The Labute approximate surface area is 190 Å². The first-order valence-electron chi connectivity index (χ1n) is 10.5. The second kappa shape index (κ2) is 9.36. The van der Waals surface area contributed by atoms with E-state index in [0.29, 0.717) is 32.9 Å².